The summed E-state index contributed by atoms with van der Waals surface area (Å²) in [5.41, 5.74) is 0.122. The first-order chi connectivity index (χ1) is 13.4. The van der Waals surface area contributed by atoms with Crippen LogP contribution in [0.25, 0.3) is 0 Å². The standard InChI is InChI=1S/C18H27N3O6S/c1-26-10-9-19-17(22)12-20-18(23)13-7-8-15(27-2)16(11-13)28(24,25)21-14-5-3-4-6-14/h7-8,11,14,21H,3-6,9-10,12H2,1-2H3,(H,19,22)(H,20,23). The lowest BCUT2D eigenvalue weighted by molar-refractivity contribution is -0.120. The van der Waals surface area contributed by atoms with Crippen molar-refractivity contribution in [2.75, 3.05) is 33.9 Å². The topological polar surface area (TPSA) is 123 Å². The number of ether oxygens (including phenoxy) is 2. The number of carbonyl (C=O) groups excluding carboxylic acids is 2. The Hall–Kier alpha value is -2.17. The SMILES string of the molecule is COCCNC(=O)CNC(=O)c1ccc(OC)c(S(=O)(=O)NC2CCCC2)c1. The lowest BCUT2D eigenvalue weighted by Crippen LogP contribution is -2.38. The highest BCUT2D eigenvalue weighted by Gasteiger charge is 2.26. The maximum atomic E-state index is 12.8. The number of sulfonamides is 1. The van der Waals surface area contributed by atoms with E-state index in [1.165, 1.54) is 32.4 Å². The average Bonchev–Trinajstić information content (AvgIpc) is 3.18. The summed E-state index contributed by atoms with van der Waals surface area (Å²) in [5.74, 6) is -0.768. The van der Waals surface area contributed by atoms with Crippen LogP contribution in [0.5, 0.6) is 5.75 Å². The van der Waals surface area contributed by atoms with Crippen LogP contribution in [-0.2, 0) is 19.6 Å². The molecule has 10 heteroatoms. The minimum atomic E-state index is -3.84. The summed E-state index contributed by atoms with van der Waals surface area (Å²) in [4.78, 5) is 23.9. The summed E-state index contributed by atoms with van der Waals surface area (Å²) < 4.78 is 38.2. The fourth-order valence-electron chi connectivity index (χ4n) is 2.97. The first kappa shape index (κ1) is 22.1. The number of methoxy groups -OCH3 is 2. The Morgan fingerprint density at radius 3 is 2.50 bits per heavy atom. The number of hydrogen-bond acceptors (Lipinski definition) is 6. The number of rotatable bonds is 10. The van der Waals surface area contributed by atoms with Gasteiger partial charge >= 0.3 is 0 Å². The first-order valence-corrected chi connectivity index (χ1v) is 10.6. The normalized spacial score (nSPS) is 14.6. The second-order valence-corrected chi connectivity index (χ2v) is 8.18. The Bertz CT molecular complexity index is 791. The van der Waals surface area contributed by atoms with Gasteiger partial charge in [-0.3, -0.25) is 9.59 Å². The first-order valence-electron chi connectivity index (χ1n) is 9.11. The molecule has 0 saturated heterocycles. The highest BCUT2D eigenvalue weighted by molar-refractivity contribution is 7.89. The molecule has 1 aliphatic rings. The molecule has 1 saturated carbocycles. The van der Waals surface area contributed by atoms with Crippen LogP contribution in [-0.4, -0.2) is 60.2 Å². The number of nitrogens with one attached hydrogen (secondary N) is 3. The number of amides is 2. The summed E-state index contributed by atoms with van der Waals surface area (Å²) >= 11 is 0. The molecule has 0 radical (unpaired) electrons. The summed E-state index contributed by atoms with van der Waals surface area (Å²) in [6.07, 6.45) is 3.55. The molecule has 0 bridgehead atoms. The molecule has 2 amide bonds. The molecule has 0 heterocycles. The van der Waals surface area contributed by atoms with E-state index in [1.807, 2.05) is 0 Å². The molecule has 1 aliphatic carbocycles. The molecule has 1 aromatic carbocycles. The Morgan fingerprint density at radius 1 is 1.14 bits per heavy atom. The van der Waals surface area contributed by atoms with E-state index < -0.39 is 15.9 Å². The fourth-order valence-corrected chi connectivity index (χ4v) is 4.47. The molecule has 0 spiro atoms. The molecule has 156 valence electrons. The summed E-state index contributed by atoms with van der Waals surface area (Å²) in [6, 6.07) is 4.03. The zero-order valence-electron chi connectivity index (χ0n) is 16.1. The van der Waals surface area contributed by atoms with E-state index in [0.717, 1.165) is 25.7 Å². The summed E-state index contributed by atoms with van der Waals surface area (Å²) in [7, 11) is -0.949. The van der Waals surface area contributed by atoms with Crippen LogP contribution >= 0.6 is 0 Å². The molecule has 1 aromatic rings. The molecule has 0 aliphatic heterocycles. The third kappa shape index (κ3) is 6.18. The predicted molar refractivity (Wildman–Crippen MR) is 103 cm³/mol. The predicted octanol–water partition coefficient (Wildman–Crippen LogP) is 0.409. The molecule has 0 aromatic heterocycles. The smallest absolute Gasteiger partial charge is 0.251 e. The van der Waals surface area contributed by atoms with Crippen LogP contribution in [0.15, 0.2) is 23.1 Å². The van der Waals surface area contributed by atoms with Crippen molar-refractivity contribution < 1.29 is 27.5 Å². The van der Waals surface area contributed by atoms with Crippen LogP contribution in [0.1, 0.15) is 36.0 Å². The van der Waals surface area contributed by atoms with Crippen molar-refractivity contribution >= 4 is 21.8 Å². The van der Waals surface area contributed by atoms with Gasteiger partial charge in [-0.05, 0) is 31.0 Å². The largest absolute Gasteiger partial charge is 0.495 e. The maximum Gasteiger partial charge on any atom is 0.251 e. The monoisotopic (exact) mass is 413 g/mol. The fraction of sp³-hybridized carbons (Fsp3) is 0.556. The number of benzene rings is 1. The van der Waals surface area contributed by atoms with Gasteiger partial charge in [0.15, 0.2) is 0 Å². The van der Waals surface area contributed by atoms with Crippen LogP contribution in [0.2, 0.25) is 0 Å². The summed E-state index contributed by atoms with van der Waals surface area (Å²) in [5, 5.41) is 5.05. The molecule has 0 unspecified atom stereocenters. The van der Waals surface area contributed by atoms with Gasteiger partial charge in [0, 0.05) is 25.3 Å². The lowest BCUT2D eigenvalue weighted by Gasteiger charge is -2.15. The Morgan fingerprint density at radius 2 is 1.86 bits per heavy atom. The van der Waals surface area contributed by atoms with Crippen molar-refractivity contribution in [1.82, 2.24) is 15.4 Å². The van der Waals surface area contributed by atoms with Gasteiger partial charge in [0.05, 0.1) is 20.3 Å². The van der Waals surface area contributed by atoms with Crippen molar-refractivity contribution in [3.63, 3.8) is 0 Å². The van der Waals surface area contributed by atoms with Crippen molar-refractivity contribution in [2.45, 2.75) is 36.6 Å². The second-order valence-electron chi connectivity index (χ2n) is 6.49. The molecule has 9 nitrogen and oxygen atoms in total. The summed E-state index contributed by atoms with van der Waals surface area (Å²) in [6.45, 7) is 0.479. The van der Waals surface area contributed by atoms with Crippen molar-refractivity contribution in [1.29, 1.82) is 0 Å². The minimum absolute atomic E-state index is 0.0981. The van der Waals surface area contributed by atoms with Crippen LogP contribution < -0.4 is 20.1 Å². The number of hydrogen-bond donors (Lipinski definition) is 3. The van der Waals surface area contributed by atoms with Gasteiger partial charge in [-0.1, -0.05) is 12.8 Å². The second kappa shape index (κ2) is 10.4. The number of carbonyl (C=O) groups is 2. The quantitative estimate of drug-likeness (QED) is 0.478. The maximum absolute atomic E-state index is 12.8. The van der Waals surface area contributed by atoms with E-state index in [0.29, 0.717) is 13.2 Å². The molecular weight excluding hydrogens is 386 g/mol. The van der Waals surface area contributed by atoms with Gasteiger partial charge in [-0.15, -0.1) is 0 Å². The van der Waals surface area contributed by atoms with Gasteiger partial charge in [-0.25, -0.2) is 13.1 Å². The van der Waals surface area contributed by atoms with Crippen LogP contribution in [0.3, 0.4) is 0 Å². The van der Waals surface area contributed by atoms with Gasteiger partial charge in [0.2, 0.25) is 15.9 Å². The molecule has 1 fully saturated rings. The van der Waals surface area contributed by atoms with Crippen LogP contribution in [0.4, 0.5) is 0 Å². The average molecular weight is 413 g/mol. The third-order valence-corrected chi connectivity index (χ3v) is 5.97. The van der Waals surface area contributed by atoms with Gasteiger partial charge in [0.1, 0.15) is 10.6 Å². The van der Waals surface area contributed by atoms with Gasteiger partial charge in [-0.2, -0.15) is 0 Å². The van der Waals surface area contributed by atoms with Crippen molar-refractivity contribution in [2.24, 2.45) is 0 Å². The Balaban J connectivity index is 2.08. The van der Waals surface area contributed by atoms with E-state index in [4.69, 9.17) is 9.47 Å². The van der Waals surface area contributed by atoms with E-state index >= 15 is 0 Å². The van der Waals surface area contributed by atoms with Crippen molar-refractivity contribution in [3.05, 3.63) is 23.8 Å². The molecule has 2 rings (SSSR count). The third-order valence-electron chi connectivity index (χ3n) is 4.43. The van der Waals surface area contributed by atoms with E-state index in [-0.39, 0.29) is 34.7 Å². The highest BCUT2D eigenvalue weighted by atomic mass is 32.2. The Labute approximate surface area is 165 Å². The zero-order valence-corrected chi connectivity index (χ0v) is 16.9. The lowest BCUT2D eigenvalue weighted by atomic mass is 10.2. The van der Waals surface area contributed by atoms with Crippen LogP contribution in [0, 0.1) is 0 Å². The molecule has 28 heavy (non-hydrogen) atoms. The highest BCUT2D eigenvalue weighted by Crippen LogP contribution is 2.27. The van der Waals surface area contributed by atoms with E-state index in [1.54, 1.807) is 0 Å². The molecule has 0 atom stereocenters. The van der Waals surface area contributed by atoms with E-state index in [9.17, 15) is 18.0 Å². The molecule has 3 N–H and O–H groups in total. The zero-order chi connectivity index (χ0) is 20.6. The Kier molecular flexibility index (Phi) is 8.21. The van der Waals surface area contributed by atoms with E-state index in [2.05, 4.69) is 15.4 Å². The van der Waals surface area contributed by atoms with Crippen molar-refractivity contribution in [3.8, 4) is 5.75 Å². The van der Waals surface area contributed by atoms with Gasteiger partial charge < -0.3 is 20.1 Å². The minimum Gasteiger partial charge on any atom is -0.495 e. The van der Waals surface area contributed by atoms with Gasteiger partial charge in [0.25, 0.3) is 5.91 Å². The molecular formula is C18H27N3O6S.